The number of nitrogens with one attached hydrogen (secondary N) is 2. The first-order valence-electron chi connectivity index (χ1n) is 9.96. The van der Waals surface area contributed by atoms with Gasteiger partial charge in [0.1, 0.15) is 0 Å². The van der Waals surface area contributed by atoms with Gasteiger partial charge < -0.3 is 15.4 Å². The van der Waals surface area contributed by atoms with Crippen LogP contribution in [0.2, 0.25) is 0 Å². The van der Waals surface area contributed by atoms with E-state index in [0.29, 0.717) is 12.5 Å². The number of hydrogen-bond donors (Lipinski definition) is 2. The number of hydrogen-bond acceptors (Lipinski definition) is 4. The molecule has 2 aliphatic rings. The Labute approximate surface area is 157 Å². The van der Waals surface area contributed by atoms with E-state index in [1.807, 2.05) is 0 Å². The van der Waals surface area contributed by atoms with Crippen molar-refractivity contribution in [1.82, 2.24) is 15.5 Å². The molecule has 5 nitrogen and oxygen atoms in total. The molecule has 0 saturated carbocycles. The number of carbonyl (C=O) groups excluding carboxylic acids is 1. The number of likely N-dealkylation sites (tertiary alicyclic amines) is 1. The van der Waals surface area contributed by atoms with E-state index in [1.54, 1.807) is 7.11 Å². The highest BCUT2D eigenvalue weighted by Gasteiger charge is 2.39. The van der Waals surface area contributed by atoms with E-state index in [2.05, 4.69) is 45.9 Å². The lowest BCUT2D eigenvalue weighted by molar-refractivity contribution is -0.136. The smallest absolute Gasteiger partial charge is 0.228 e. The molecule has 1 amide bonds. The van der Waals surface area contributed by atoms with Crippen molar-refractivity contribution in [3.05, 3.63) is 35.9 Å². The molecular weight excluding hydrogens is 326 g/mol. The minimum Gasteiger partial charge on any atom is -0.384 e. The summed E-state index contributed by atoms with van der Waals surface area (Å²) in [5.41, 5.74) is 1.04. The minimum absolute atomic E-state index is 0.188. The van der Waals surface area contributed by atoms with E-state index in [-0.39, 0.29) is 11.3 Å². The second-order valence-electron chi connectivity index (χ2n) is 7.88. The van der Waals surface area contributed by atoms with Crippen LogP contribution in [0.15, 0.2) is 30.3 Å². The van der Waals surface area contributed by atoms with Crippen LogP contribution < -0.4 is 10.6 Å². The molecule has 0 unspecified atom stereocenters. The lowest BCUT2D eigenvalue weighted by atomic mass is 9.78. The molecule has 26 heavy (non-hydrogen) atoms. The number of rotatable bonds is 7. The Balaban J connectivity index is 1.42. The molecule has 1 aromatic carbocycles. The van der Waals surface area contributed by atoms with Crippen LogP contribution in [0.4, 0.5) is 0 Å². The summed E-state index contributed by atoms with van der Waals surface area (Å²) in [6.45, 7) is 6.38. The Morgan fingerprint density at radius 2 is 1.92 bits per heavy atom. The van der Waals surface area contributed by atoms with Gasteiger partial charge in [0.2, 0.25) is 5.91 Å². The topological polar surface area (TPSA) is 53.6 Å². The van der Waals surface area contributed by atoms with Crippen molar-refractivity contribution in [2.45, 2.75) is 32.2 Å². The summed E-state index contributed by atoms with van der Waals surface area (Å²) < 4.78 is 5.37. The monoisotopic (exact) mass is 359 g/mol. The first kappa shape index (κ1) is 19.3. The Kier molecular flexibility index (Phi) is 7.06. The summed E-state index contributed by atoms with van der Waals surface area (Å²) in [5.74, 6) is 0.778. The standard InChI is InChI=1S/C21H33N3O2/c1-26-17-21(9-11-22-12-10-21)20(25)23-15-18-7-13-24(14-8-18)16-19-5-3-2-4-6-19/h2-6,18,22H,7-17H2,1H3,(H,23,25). The van der Waals surface area contributed by atoms with Gasteiger partial charge in [-0.25, -0.2) is 0 Å². The van der Waals surface area contributed by atoms with E-state index in [4.69, 9.17) is 4.74 Å². The number of amides is 1. The van der Waals surface area contributed by atoms with Crippen LogP contribution in [-0.4, -0.2) is 57.2 Å². The van der Waals surface area contributed by atoms with Crippen LogP contribution in [0, 0.1) is 11.3 Å². The fraction of sp³-hybridized carbons (Fsp3) is 0.667. The summed E-state index contributed by atoms with van der Waals surface area (Å²) >= 11 is 0. The van der Waals surface area contributed by atoms with Crippen molar-refractivity contribution < 1.29 is 9.53 Å². The largest absolute Gasteiger partial charge is 0.384 e. The maximum Gasteiger partial charge on any atom is 0.228 e. The van der Waals surface area contributed by atoms with Crippen molar-refractivity contribution in [2.75, 3.05) is 46.4 Å². The van der Waals surface area contributed by atoms with Crippen LogP contribution in [0.5, 0.6) is 0 Å². The Morgan fingerprint density at radius 3 is 2.58 bits per heavy atom. The molecule has 0 bridgehead atoms. The van der Waals surface area contributed by atoms with Crippen molar-refractivity contribution in [3.8, 4) is 0 Å². The number of benzene rings is 1. The molecule has 2 saturated heterocycles. The van der Waals surface area contributed by atoms with E-state index in [1.165, 1.54) is 5.56 Å². The summed E-state index contributed by atoms with van der Waals surface area (Å²) in [5, 5.41) is 6.59. The highest BCUT2D eigenvalue weighted by molar-refractivity contribution is 5.83. The normalized spacial score (nSPS) is 21.4. The van der Waals surface area contributed by atoms with Crippen molar-refractivity contribution in [1.29, 1.82) is 0 Å². The van der Waals surface area contributed by atoms with Gasteiger partial charge in [0.25, 0.3) is 0 Å². The van der Waals surface area contributed by atoms with Gasteiger partial charge in [-0.1, -0.05) is 30.3 Å². The highest BCUT2D eigenvalue weighted by Crippen LogP contribution is 2.29. The zero-order valence-electron chi connectivity index (χ0n) is 16.0. The first-order valence-corrected chi connectivity index (χ1v) is 9.96. The molecule has 2 heterocycles. The maximum absolute atomic E-state index is 12.8. The summed E-state index contributed by atoms with van der Waals surface area (Å²) in [4.78, 5) is 15.3. The van der Waals surface area contributed by atoms with Gasteiger partial charge in [-0.2, -0.15) is 0 Å². The Hall–Kier alpha value is -1.43. The van der Waals surface area contributed by atoms with Crippen LogP contribution >= 0.6 is 0 Å². The lowest BCUT2D eigenvalue weighted by Crippen LogP contribution is -2.51. The van der Waals surface area contributed by atoms with Gasteiger partial charge in [-0.3, -0.25) is 9.69 Å². The van der Waals surface area contributed by atoms with Gasteiger partial charge >= 0.3 is 0 Å². The molecule has 0 radical (unpaired) electrons. The van der Waals surface area contributed by atoms with Crippen molar-refractivity contribution >= 4 is 5.91 Å². The van der Waals surface area contributed by atoms with Gasteiger partial charge in [0.15, 0.2) is 0 Å². The predicted octanol–water partition coefficient (Wildman–Crippen LogP) is 2.03. The van der Waals surface area contributed by atoms with Crippen LogP contribution in [-0.2, 0) is 16.1 Å². The first-order chi connectivity index (χ1) is 12.7. The van der Waals surface area contributed by atoms with Crippen LogP contribution in [0.3, 0.4) is 0 Å². The van der Waals surface area contributed by atoms with Crippen molar-refractivity contribution in [3.63, 3.8) is 0 Å². The summed E-state index contributed by atoms with van der Waals surface area (Å²) in [7, 11) is 1.69. The Morgan fingerprint density at radius 1 is 1.23 bits per heavy atom. The van der Waals surface area contributed by atoms with E-state index in [9.17, 15) is 4.79 Å². The van der Waals surface area contributed by atoms with E-state index >= 15 is 0 Å². The fourth-order valence-electron chi connectivity index (χ4n) is 4.23. The molecule has 2 N–H and O–H groups in total. The zero-order chi connectivity index (χ0) is 18.2. The van der Waals surface area contributed by atoms with Gasteiger partial charge in [-0.05, 0) is 63.3 Å². The molecule has 3 rings (SSSR count). The van der Waals surface area contributed by atoms with Crippen LogP contribution in [0.25, 0.3) is 0 Å². The molecule has 1 aromatic rings. The second-order valence-corrected chi connectivity index (χ2v) is 7.88. The fourth-order valence-corrected chi connectivity index (χ4v) is 4.23. The molecule has 0 atom stereocenters. The number of ether oxygens (including phenoxy) is 1. The molecule has 0 aliphatic carbocycles. The molecule has 5 heteroatoms. The minimum atomic E-state index is -0.339. The third kappa shape index (κ3) is 5.06. The number of piperidine rings is 2. The SMILES string of the molecule is COCC1(C(=O)NCC2CCN(Cc3ccccc3)CC2)CCNCC1. The quantitative estimate of drug-likeness (QED) is 0.782. The average Bonchev–Trinajstić information content (AvgIpc) is 2.69. The van der Waals surface area contributed by atoms with Gasteiger partial charge in [-0.15, -0.1) is 0 Å². The summed E-state index contributed by atoms with van der Waals surface area (Å²) in [6, 6.07) is 10.7. The third-order valence-electron chi connectivity index (χ3n) is 5.97. The third-order valence-corrected chi connectivity index (χ3v) is 5.97. The lowest BCUT2D eigenvalue weighted by Gasteiger charge is -2.37. The predicted molar refractivity (Wildman–Crippen MR) is 104 cm³/mol. The molecule has 144 valence electrons. The van der Waals surface area contributed by atoms with Crippen LogP contribution in [0.1, 0.15) is 31.2 Å². The van der Waals surface area contributed by atoms with Crippen molar-refractivity contribution in [2.24, 2.45) is 11.3 Å². The maximum atomic E-state index is 12.8. The number of methoxy groups -OCH3 is 1. The molecular formula is C21H33N3O2. The Bertz CT molecular complexity index is 544. The molecule has 2 fully saturated rings. The molecule has 2 aliphatic heterocycles. The van der Waals surface area contributed by atoms with Gasteiger partial charge in [0.05, 0.1) is 12.0 Å². The second kappa shape index (κ2) is 9.49. The number of nitrogens with zero attached hydrogens (tertiary/aromatic N) is 1. The highest BCUT2D eigenvalue weighted by atomic mass is 16.5. The van der Waals surface area contributed by atoms with E-state index < -0.39 is 0 Å². The summed E-state index contributed by atoms with van der Waals surface area (Å²) in [6.07, 6.45) is 4.04. The zero-order valence-corrected chi connectivity index (χ0v) is 16.0. The molecule has 0 aromatic heterocycles. The number of carbonyl (C=O) groups is 1. The average molecular weight is 360 g/mol. The van der Waals surface area contributed by atoms with Gasteiger partial charge in [0, 0.05) is 20.2 Å². The van der Waals surface area contributed by atoms with E-state index in [0.717, 1.165) is 65.0 Å². The molecule has 0 spiro atoms.